The fraction of sp³-hybridized carbons (Fsp3) is 0.316. The zero-order valence-corrected chi connectivity index (χ0v) is 18.1. The summed E-state index contributed by atoms with van der Waals surface area (Å²) in [6, 6.07) is 8.34. The molecule has 0 bridgehead atoms. The predicted octanol–water partition coefficient (Wildman–Crippen LogP) is 2.14. The zero-order valence-electron chi connectivity index (χ0n) is 16.6. The number of hydrogen-bond donors (Lipinski definition) is 0. The lowest BCUT2D eigenvalue weighted by atomic mass is 10.3. The molecule has 0 aliphatic carbocycles. The average molecular weight is 449 g/mol. The largest absolute Gasteiger partial charge is 0.495 e. The summed E-state index contributed by atoms with van der Waals surface area (Å²) in [6.07, 6.45) is 3.53. The van der Waals surface area contributed by atoms with Crippen molar-refractivity contribution >= 4 is 27.4 Å². The van der Waals surface area contributed by atoms with Crippen LogP contribution in [0, 0.1) is 6.92 Å². The summed E-state index contributed by atoms with van der Waals surface area (Å²) < 4.78 is 34.7. The Kier molecular flexibility index (Phi) is 5.63. The van der Waals surface area contributed by atoms with Crippen LogP contribution >= 0.6 is 11.6 Å². The number of piperazine rings is 1. The van der Waals surface area contributed by atoms with Gasteiger partial charge in [0, 0.05) is 43.6 Å². The molecule has 0 amide bonds. The highest BCUT2D eigenvalue weighted by atomic mass is 35.5. The summed E-state index contributed by atoms with van der Waals surface area (Å²) in [5, 5.41) is 8.92. The van der Waals surface area contributed by atoms with Crippen molar-refractivity contribution in [3.05, 3.63) is 53.6 Å². The number of aryl methyl sites for hydroxylation is 1. The van der Waals surface area contributed by atoms with E-state index in [0.29, 0.717) is 42.8 Å². The van der Waals surface area contributed by atoms with Crippen LogP contribution in [0.2, 0.25) is 5.02 Å². The Balaban J connectivity index is 1.47. The number of imidazole rings is 1. The smallest absolute Gasteiger partial charge is 0.246 e. The van der Waals surface area contributed by atoms with E-state index in [-0.39, 0.29) is 10.6 Å². The molecule has 0 unspecified atom stereocenters. The molecule has 3 aromatic rings. The lowest BCUT2D eigenvalue weighted by molar-refractivity contribution is 0.373. The highest BCUT2D eigenvalue weighted by Gasteiger charge is 2.31. The van der Waals surface area contributed by atoms with Crippen molar-refractivity contribution in [2.24, 2.45) is 0 Å². The van der Waals surface area contributed by atoms with Gasteiger partial charge in [0.05, 0.1) is 7.11 Å². The number of hydrogen-bond acceptors (Lipinski definition) is 7. The van der Waals surface area contributed by atoms with Gasteiger partial charge in [-0.2, -0.15) is 4.31 Å². The van der Waals surface area contributed by atoms with E-state index in [2.05, 4.69) is 15.2 Å². The molecule has 0 spiro atoms. The van der Waals surface area contributed by atoms with Crippen molar-refractivity contribution in [1.82, 2.24) is 24.1 Å². The molecule has 0 radical (unpaired) electrons. The molecule has 4 rings (SSSR count). The lowest BCUT2D eigenvalue weighted by Crippen LogP contribution is -2.49. The maximum absolute atomic E-state index is 13.1. The van der Waals surface area contributed by atoms with Crippen molar-refractivity contribution in [3.63, 3.8) is 0 Å². The van der Waals surface area contributed by atoms with Crippen LogP contribution in [-0.4, -0.2) is 65.8 Å². The fourth-order valence-corrected chi connectivity index (χ4v) is 5.22. The van der Waals surface area contributed by atoms with Gasteiger partial charge in [0.2, 0.25) is 10.0 Å². The van der Waals surface area contributed by atoms with Crippen LogP contribution in [0.25, 0.3) is 5.82 Å². The molecule has 1 aliphatic rings. The summed E-state index contributed by atoms with van der Waals surface area (Å²) in [5.41, 5.74) is 0. The summed E-state index contributed by atoms with van der Waals surface area (Å²) in [4.78, 5) is 6.27. The number of rotatable bonds is 5. The molecule has 0 atom stereocenters. The maximum atomic E-state index is 13.1. The molecular weight excluding hydrogens is 428 g/mol. The summed E-state index contributed by atoms with van der Waals surface area (Å²) >= 11 is 6.01. The molecule has 2 aromatic heterocycles. The van der Waals surface area contributed by atoms with Gasteiger partial charge >= 0.3 is 0 Å². The summed E-state index contributed by atoms with van der Waals surface area (Å²) in [5.74, 6) is 2.49. The van der Waals surface area contributed by atoms with E-state index in [1.807, 2.05) is 34.7 Å². The Morgan fingerprint density at radius 3 is 2.33 bits per heavy atom. The number of ether oxygens (including phenoxy) is 1. The van der Waals surface area contributed by atoms with E-state index in [0.717, 1.165) is 5.82 Å². The number of methoxy groups -OCH3 is 1. The van der Waals surface area contributed by atoms with Crippen molar-refractivity contribution in [1.29, 1.82) is 0 Å². The highest BCUT2D eigenvalue weighted by Crippen LogP contribution is 2.30. The van der Waals surface area contributed by atoms with E-state index in [9.17, 15) is 8.42 Å². The third-order valence-corrected chi connectivity index (χ3v) is 7.17. The molecule has 0 N–H and O–H groups in total. The average Bonchev–Trinajstić information content (AvgIpc) is 3.20. The highest BCUT2D eigenvalue weighted by molar-refractivity contribution is 7.89. The quantitative estimate of drug-likeness (QED) is 0.590. The Labute approximate surface area is 179 Å². The monoisotopic (exact) mass is 448 g/mol. The SMILES string of the molecule is COc1ccc(Cl)cc1S(=O)(=O)N1CCN(c2ccc(-n3ccnc3C)nn2)CC1. The van der Waals surface area contributed by atoms with Crippen LogP contribution in [0.5, 0.6) is 5.75 Å². The molecule has 1 aliphatic heterocycles. The summed E-state index contributed by atoms with van der Waals surface area (Å²) in [7, 11) is -2.28. The predicted molar refractivity (Wildman–Crippen MR) is 113 cm³/mol. The minimum Gasteiger partial charge on any atom is -0.495 e. The fourth-order valence-electron chi connectivity index (χ4n) is 3.38. The third kappa shape index (κ3) is 3.85. The summed E-state index contributed by atoms with van der Waals surface area (Å²) in [6.45, 7) is 3.54. The molecule has 3 heterocycles. The van der Waals surface area contributed by atoms with Crippen molar-refractivity contribution in [2.75, 3.05) is 38.2 Å². The molecular formula is C19H21ClN6O3S. The van der Waals surface area contributed by atoms with Crippen molar-refractivity contribution in [2.45, 2.75) is 11.8 Å². The Morgan fingerprint density at radius 2 is 1.73 bits per heavy atom. The van der Waals surface area contributed by atoms with E-state index in [1.54, 1.807) is 18.3 Å². The topological polar surface area (TPSA) is 93.5 Å². The molecule has 158 valence electrons. The van der Waals surface area contributed by atoms with Crippen LogP contribution in [0.4, 0.5) is 5.82 Å². The molecule has 0 saturated carbocycles. The molecule has 9 nitrogen and oxygen atoms in total. The molecule has 1 aromatic carbocycles. The van der Waals surface area contributed by atoms with Crippen LogP contribution in [0.3, 0.4) is 0 Å². The Morgan fingerprint density at radius 1 is 1.03 bits per heavy atom. The standard InChI is InChI=1S/C19H21ClN6O3S/c1-14-21-7-8-26(14)19-6-5-18(22-23-19)24-9-11-25(12-10-24)30(27,28)17-13-15(20)3-4-16(17)29-2/h3-8,13H,9-12H2,1-2H3. The Bertz CT molecular complexity index is 1140. The second kappa shape index (κ2) is 8.21. The van der Waals surface area contributed by atoms with Gasteiger partial charge in [0.15, 0.2) is 11.6 Å². The van der Waals surface area contributed by atoms with Crippen molar-refractivity contribution in [3.8, 4) is 11.6 Å². The van der Waals surface area contributed by atoms with Gasteiger partial charge in [0.25, 0.3) is 0 Å². The van der Waals surface area contributed by atoms with Gasteiger partial charge < -0.3 is 9.64 Å². The van der Waals surface area contributed by atoms with Crippen LogP contribution in [0.15, 0.2) is 47.6 Å². The minimum atomic E-state index is -3.72. The first-order valence-corrected chi connectivity index (χ1v) is 11.1. The molecule has 1 saturated heterocycles. The second-order valence-electron chi connectivity index (χ2n) is 6.78. The number of anilines is 1. The number of halogens is 1. The van der Waals surface area contributed by atoms with Crippen LogP contribution < -0.4 is 9.64 Å². The first-order chi connectivity index (χ1) is 14.4. The zero-order chi connectivity index (χ0) is 21.3. The molecule has 11 heteroatoms. The van der Waals surface area contributed by atoms with Gasteiger partial charge in [-0.15, -0.1) is 10.2 Å². The molecule has 1 fully saturated rings. The first-order valence-electron chi connectivity index (χ1n) is 9.33. The van der Waals surface area contributed by atoms with Gasteiger partial charge in [-0.25, -0.2) is 13.4 Å². The normalized spacial score (nSPS) is 15.4. The van der Waals surface area contributed by atoms with Gasteiger partial charge in [0.1, 0.15) is 16.5 Å². The van der Waals surface area contributed by atoms with Crippen LogP contribution in [-0.2, 0) is 10.0 Å². The van der Waals surface area contributed by atoms with Gasteiger partial charge in [-0.1, -0.05) is 11.6 Å². The van der Waals surface area contributed by atoms with E-state index in [4.69, 9.17) is 16.3 Å². The second-order valence-corrected chi connectivity index (χ2v) is 9.12. The van der Waals surface area contributed by atoms with Gasteiger partial charge in [-0.3, -0.25) is 4.57 Å². The number of sulfonamides is 1. The third-order valence-electron chi connectivity index (χ3n) is 5.02. The van der Waals surface area contributed by atoms with Gasteiger partial charge in [-0.05, 0) is 37.3 Å². The van der Waals surface area contributed by atoms with E-state index in [1.165, 1.54) is 17.5 Å². The maximum Gasteiger partial charge on any atom is 0.246 e. The number of nitrogens with zero attached hydrogens (tertiary/aromatic N) is 6. The van der Waals surface area contributed by atoms with E-state index >= 15 is 0 Å². The molecule has 30 heavy (non-hydrogen) atoms. The lowest BCUT2D eigenvalue weighted by Gasteiger charge is -2.34. The number of benzene rings is 1. The van der Waals surface area contributed by atoms with Crippen LogP contribution in [0.1, 0.15) is 5.82 Å². The Hall–Kier alpha value is -2.69. The van der Waals surface area contributed by atoms with Crippen molar-refractivity contribution < 1.29 is 13.2 Å². The minimum absolute atomic E-state index is 0.0748. The number of aromatic nitrogens is 4. The first kappa shape index (κ1) is 20.6. The van der Waals surface area contributed by atoms with E-state index < -0.39 is 10.0 Å².